The third-order valence-corrected chi connectivity index (χ3v) is 12.5. The molecule has 4 aliphatic heterocycles. The van der Waals surface area contributed by atoms with E-state index in [2.05, 4.69) is 0 Å². The van der Waals surface area contributed by atoms with E-state index < -0.39 is 117 Å². The van der Waals surface area contributed by atoms with Crippen molar-refractivity contribution in [3.63, 3.8) is 0 Å². The number of imide groups is 4. The van der Waals surface area contributed by atoms with E-state index in [-0.39, 0.29) is 83.5 Å². The molecule has 4 atom stereocenters. The fourth-order valence-corrected chi connectivity index (χ4v) is 9.15. The Kier molecular flexibility index (Phi) is 20.0. The molecule has 20 nitrogen and oxygen atoms in total. The molecular formula is C56H56N4O16Rh2. The van der Waals surface area contributed by atoms with Gasteiger partial charge in [-0.05, 0) is 70.2 Å². The molecule has 0 saturated heterocycles. The van der Waals surface area contributed by atoms with Gasteiger partial charge >= 0.3 is 39.0 Å². The first-order valence-electron chi connectivity index (χ1n) is 23.7. The second-order valence-electron chi connectivity index (χ2n) is 22.5. The molecule has 414 valence electrons. The first kappa shape index (κ1) is 64.9. The molecule has 0 spiro atoms. The van der Waals surface area contributed by atoms with Gasteiger partial charge in [0.05, 0.1) is 92.6 Å². The smallest absolute Gasteiger partial charge is 0.548 e. The van der Waals surface area contributed by atoms with Crippen LogP contribution < -0.4 is 20.4 Å². The fourth-order valence-electron chi connectivity index (χ4n) is 9.15. The number of carboxylic acids is 4. The van der Waals surface area contributed by atoms with E-state index in [1.807, 2.05) is 0 Å². The van der Waals surface area contributed by atoms with Crippen LogP contribution in [-0.4, -0.2) is 115 Å². The second-order valence-corrected chi connectivity index (χ2v) is 22.5. The molecule has 4 heterocycles. The summed E-state index contributed by atoms with van der Waals surface area (Å²) in [4.78, 5) is 146. The zero-order chi connectivity index (χ0) is 57.5. The predicted molar refractivity (Wildman–Crippen MR) is 261 cm³/mol. The van der Waals surface area contributed by atoms with Crippen LogP contribution in [0.2, 0.25) is 0 Å². The normalized spacial score (nSPS) is 16.1. The van der Waals surface area contributed by atoms with E-state index in [1.165, 1.54) is 48.5 Å². The number of nitrogens with zero attached hydrogens (tertiary/aromatic N) is 4. The van der Waals surface area contributed by atoms with Gasteiger partial charge in [-0.3, -0.25) is 58.0 Å². The minimum Gasteiger partial charge on any atom is -0.548 e. The minimum absolute atomic E-state index is 0. The van der Waals surface area contributed by atoms with Crippen molar-refractivity contribution in [2.24, 2.45) is 21.7 Å². The van der Waals surface area contributed by atoms with Crippen LogP contribution in [-0.2, 0) is 58.1 Å². The number of benzene rings is 4. The van der Waals surface area contributed by atoms with Crippen LogP contribution in [0.1, 0.15) is 166 Å². The molecule has 0 fully saturated rings. The van der Waals surface area contributed by atoms with Gasteiger partial charge in [-0.2, -0.15) is 0 Å². The van der Waals surface area contributed by atoms with Gasteiger partial charge in [-0.15, -0.1) is 0 Å². The maximum absolute atomic E-state index is 12.2. The molecule has 4 aliphatic rings. The molecule has 4 aromatic rings. The molecule has 78 heavy (non-hydrogen) atoms. The van der Waals surface area contributed by atoms with Crippen molar-refractivity contribution < 1.29 is 117 Å². The number of hydrogen-bond donors (Lipinski definition) is 0. The molecule has 0 N–H and O–H groups in total. The summed E-state index contributed by atoms with van der Waals surface area (Å²) in [5, 5.41) is 45.3. The molecule has 2 radical (unpaired) electrons. The van der Waals surface area contributed by atoms with Crippen LogP contribution in [0.25, 0.3) is 0 Å². The Labute approximate surface area is 475 Å². The van der Waals surface area contributed by atoms with E-state index in [1.54, 1.807) is 132 Å². The Morgan fingerprint density at radius 3 is 0.462 bits per heavy atom. The molecule has 4 aromatic carbocycles. The summed E-state index contributed by atoms with van der Waals surface area (Å²) in [7, 11) is 0. The Balaban J connectivity index is 0.000000271. The summed E-state index contributed by atoms with van der Waals surface area (Å²) in [5.41, 5.74) is -1.29. The number of carboxylic acid groups (broad SMARTS) is 4. The summed E-state index contributed by atoms with van der Waals surface area (Å²) in [6.45, 7) is 19.8. The zero-order valence-electron chi connectivity index (χ0n) is 44.5. The van der Waals surface area contributed by atoms with Gasteiger partial charge in [0, 0.05) is 0 Å². The molecule has 0 saturated carbocycles. The van der Waals surface area contributed by atoms with Crippen LogP contribution in [0.3, 0.4) is 0 Å². The van der Waals surface area contributed by atoms with Crippen LogP contribution >= 0.6 is 0 Å². The quantitative estimate of drug-likeness (QED) is 0.179. The number of fused-ring (bicyclic) bond motifs is 4. The van der Waals surface area contributed by atoms with Crippen molar-refractivity contribution in [3.05, 3.63) is 142 Å². The summed E-state index contributed by atoms with van der Waals surface area (Å²) < 4.78 is 0. The SMILES string of the molecule is CC(C)(C)[C@@H](C(=O)[O-])N1C(=O)c2ccccc2C1=O.CC(C)(C)[C@@H](C(=O)[O-])N1C(=O)c2ccccc2C1=O.CC(C)(C)[C@@H](C(=O)[O-])N1C(=O)c2ccccc2C1=O.CC(C)(C)[C@@H](C(=O)[O-])N1C(=O)c2ccccc2C1=O.[Rh+2].[Rh+2]. The molecule has 8 rings (SSSR count). The predicted octanol–water partition coefficient (Wildman–Crippen LogP) is 1.78. The van der Waals surface area contributed by atoms with E-state index in [0.29, 0.717) is 0 Å². The number of aliphatic carboxylic acids is 4. The largest absolute Gasteiger partial charge is 2.00 e. The topological polar surface area (TPSA) is 310 Å². The van der Waals surface area contributed by atoms with Crippen LogP contribution in [0.5, 0.6) is 0 Å². The third-order valence-electron chi connectivity index (χ3n) is 12.5. The second kappa shape index (κ2) is 24.1. The van der Waals surface area contributed by atoms with Gasteiger partial charge < -0.3 is 39.6 Å². The Hall–Kier alpha value is -7.43. The van der Waals surface area contributed by atoms with Gasteiger partial charge in [0.25, 0.3) is 47.3 Å². The molecule has 0 aliphatic carbocycles. The minimum atomic E-state index is -1.43. The maximum Gasteiger partial charge on any atom is 2.00 e. The number of rotatable bonds is 8. The monoisotopic (exact) mass is 1250 g/mol. The Morgan fingerprint density at radius 1 is 0.282 bits per heavy atom. The average molecular weight is 1250 g/mol. The summed E-state index contributed by atoms with van der Waals surface area (Å²) in [6.07, 6.45) is 0. The summed E-state index contributed by atoms with van der Waals surface area (Å²) >= 11 is 0. The standard InChI is InChI=1S/4C14H15NO4.2Rh/c4*1-14(2,3)10(13(18)19)15-11(16)8-6-4-5-7-9(8)12(15)17;;/h4*4-7,10H,1-3H3,(H,18,19);;/q;;;;2*+2/p-4/t4*10-;;/m1111../s1. The van der Waals surface area contributed by atoms with Crippen molar-refractivity contribution >= 4 is 71.1 Å². The van der Waals surface area contributed by atoms with Crippen LogP contribution in [0, 0.1) is 21.7 Å². The van der Waals surface area contributed by atoms with Crippen molar-refractivity contribution in [1.82, 2.24) is 19.6 Å². The van der Waals surface area contributed by atoms with Crippen molar-refractivity contribution in [1.29, 1.82) is 0 Å². The van der Waals surface area contributed by atoms with Gasteiger partial charge in [-0.1, -0.05) is 132 Å². The van der Waals surface area contributed by atoms with Gasteiger partial charge in [-0.25, -0.2) is 0 Å². The molecule has 8 amide bonds. The van der Waals surface area contributed by atoms with E-state index in [4.69, 9.17) is 0 Å². The number of carbonyl (C=O) groups is 12. The van der Waals surface area contributed by atoms with Crippen LogP contribution in [0.4, 0.5) is 0 Å². The van der Waals surface area contributed by atoms with E-state index >= 15 is 0 Å². The molecule has 22 heteroatoms. The van der Waals surface area contributed by atoms with Gasteiger partial charge in [0.2, 0.25) is 0 Å². The number of hydrogen-bond acceptors (Lipinski definition) is 16. The van der Waals surface area contributed by atoms with E-state index in [0.717, 1.165) is 19.6 Å². The summed E-state index contributed by atoms with van der Waals surface area (Å²) in [6, 6.07) is 20.1. The Bertz CT molecular complexity index is 2570. The van der Waals surface area contributed by atoms with Gasteiger partial charge in [0.1, 0.15) is 0 Å². The van der Waals surface area contributed by atoms with Crippen LogP contribution in [0.15, 0.2) is 97.1 Å². The number of carbonyl (C=O) groups excluding carboxylic acids is 12. The molecule has 0 unspecified atom stereocenters. The molecule has 0 aromatic heterocycles. The van der Waals surface area contributed by atoms with Gasteiger partial charge in [0.15, 0.2) is 0 Å². The van der Waals surface area contributed by atoms with Crippen molar-refractivity contribution in [3.8, 4) is 0 Å². The van der Waals surface area contributed by atoms with Crippen molar-refractivity contribution in [2.75, 3.05) is 0 Å². The van der Waals surface area contributed by atoms with E-state index in [9.17, 15) is 78.0 Å². The third kappa shape index (κ3) is 12.8. The first-order chi connectivity index (χ1) is 35.0. The maximum atomic E-state index is 12.2. The zero-order valence-corrected chi connectivity index (χ0v) is 47.8. The summed E-state index contributed by atoms with van der Waals surface area (Å²) in [5.74, 6) is -10.3. The van der Waals surface area contributed by atoms with Crippen molar-refractivity contribution in [2.45, 2.75) is 107 Å². The Morgan fingerprint density at radius 2 is 0.385 bits per heavy atom. The first-order valence-corrected chi connectivity index (χ1v) is 23.7. The molecular weight excluding hydrogens is 1190 g/mol. The number of amides is 8. The molecule has 0 bridgehead atoms. The fraction of sp³-hybridized carbons (Fsp3) is 0.357. The average Bonchev–Trinajstić information content (AvgIpc) is 3.90.